The number of aromatic nitrogens is 2. The van der Waals surface area contributed by atoms with Crippen LogP contribution in [0.2, 0.25) is 0 Å². The molecule has 160 valence electrons. The molecular weight excluding hydrogens is 403 g/mol. The Morgan fingerprint density at radius 3 is 2.50 bits per heavy atom. The van der Waals surface area contributed by atoms with Crippen LogP contribution >= 0.6 is 24.8 Å². The maximum atomic E-state index is 12.4. The fraction of sp³-hybridized carbons (Fsp3) is 0.842. The molecule has 3 saturated heterocycles. The van der Waals surface area contributed by atoms with Gasteiger partial charge in [-0.1, -0.05) is 19.0 Å². The molecule has 1 aromatic heterocycles. The van der Waals surface area contributed by atoms with Gasteiger partial charge in [-0.05, 0) is 51.9 Å². The molecule has 0 amide bonds. The van der Waals surface area contributed by atoms with Crippen molar-refractivity contribution < 1.29 is 14.1 Å². The van der Waals surface area contributed by atoms with Gasteiger partial charge in [0.2, 0.25) is 5.89 Å². The SMILES string of the molecule is CC(C)c1noc(C2CCN(CC3CC4(CCNCC4)C(=O)O3)CC2)n1.Cl.Cl. The maximum Gasteiger partial charge on any atom is 0.312 e. The summed E-state index contributed by atoms with van der Waals surface area (Å²) < 4.78 is 11.2. The van der Waals surface area contributed by atoms with Gasteiger partial charge in [0.15, 0.2) is 5.82 Å². The molecule has 1 spiro atoms. The van der Waals surface area contributed by atoms with Gasteiger partial charge in [-0.25, -0.2) is 0 Å². The number of carbonyl (C=O) groups excluding carboxylic acids is 1. The Kier molecular flexibility index (Phi) is 8.14. The first-order valence-electron chi connectivity index (χ1n) is 10.0. The van der Waals surface area contributed by atoms with Crippen molar-refractivity contribution in [1.82, 2.24) is 20.4 Å². The van der Waals surface area contributed by atoms with Gasteiger partial charge in [0.25, 0.3) is 0 Å². The molecule has 3 aliphatic heterocycles. The van der Waals surface area contributed by atoms with Crippen molar-refractivity contribution in [2.75, 3.05) is 32.7 Å². The second-order valence-electron chi connectivity index (χ2n) is 8.48. The van der Waals surface area contributed by atoms with Crippen molar-refractivity contribution in [2.24, 2.45) is 5.41 Å². The van der Waals surface area contributed by atoms with Crippen molar-refractivity contribution in [3.8, 4) is 0 Å². The van der Waals surface area contributed by atoms with Crippen LogP contribution < -0.4 is 5.32 Å². The highest BCUT2D eigenvalue weighted by Gasteiger charge is 2.49. The van der Waals surface area contributed by atoms with Gasteiger partial charge in [0.1, 0.15) is 6.10 Å². The largest absolute Gasteiger partial charge is 0.461 e. The van der Waals surface area contributed by atoms with Gasteiger partial charge in [-0.15, -0.1) is 24.8 Å². The molecule has 0 aliphatic carbocycles. The molecule has 4 heterocycles. The highest BCUT2D eigenvalue weighted by atomic mass is 35.5. The number of hydrogen-bond donors (Lipinski definition) is 1. The molecule has 3 fully saturated rings. The third-order valence-electron chi connectivity index (χ3n) is 6.26. The smallest absolute Gasteiger partial charge is 0.312 e. The quantitative estimate of drug-likeness (QED) is 0.729. The van der Waals surface area contributed by atoms with E-state index in [-0.39, 0.29) is 42.3 Å². The normalized spacial score (nSPS) is 25.4. The average Bonchev–Trinajstić information content (AvgIpc) is 3.23. The Morgan fingerprint density at radius 2 is 1.89 bits per heavy atom. The summed E-state index contributed by atoms with van der Waals surface area (Å²) in [4.78, 5) is 19.4. The minimum Gasteiger partial charge on any atom is -0.461 e. The molecular formula is C19H32Cl2N4O3. The Bertz CT molecular complexity index is 641. The third-order valence-corrected chi connectivity index (χ3v) is 6.26. The molecule has 4 rings (SSSR count). The average molecular weight is 435 g/mol. The molecule has 0 radical (unpaired) electrons. The zero-order valence-corrected chi connectivity index (χ0v) is 18.3. The number of nitrogens with zero attached hydrogens (tertiary/aromatic N) is 3. The van der Waals surface area contributed by atoms with Crippen molar-refractivity contribution in [2.45, 2.75) is 63.9 Å². The van der Waals surface area contributed by atoms with Gasteiger partial charge in [-0.2, -0.15) is 4.98 Å². The van der Waals surface area contributed by atoms with E-state index in [2.05, 4.69) is 34.2 Å². The standard InChI is InChI=1S/C19H30N4O3.2ClH/c1-13(2)16-21-17(26-22-16)14-3-9-23(10-4-14)12-15-11-19(18(24)25-15)5-7-20-8-6-19;;/h13-15,20H,3-12H2,1-2H3;2*1H. The summed E-state index contributed by atoms with van der Waals surface area (Å²) in [6.45, 7) is 8.85. The van der Waals surface area contributed by atoms with Crippen LogP contribution in [0.15, 0.2) is 4.52 Å². The minimum atomic E-state index is -0.217. The monoisotopic (exact) mass is 434 g/mol. The van der Waals surface area contributed by atoms with Crippen molar-refractivity contribution >= 4 is 30.8 Å². The lowest BCUT2D eigenvalue weighted by Crippen LogP contribution is -2.40. The molecule has 1 atom stereocenters. The van der Waals surface area contributed by atoms with Crippen molar-refractivity contribution in [3.05, 3.63) is 11.7 Å². The number of halogens is 2. The molecule has 3 aliphatic rings. The molecule has 28 heavy (non-hydrogen) atoms. The summed E-state index contributed by atoms with van der Waals surface area (Å²) in [5, 5.41) is 7.43. The fourth-order valence-corrected chi connectivity index (χ4v) is 4.55. The highest BCUT2D eigenvalue weighted by molar-refractivity contribution is 5.85. The van der Waals surface area contributed by atoms with Crippen LogP contribution in [0.1, 0.15) is 69.5 Å². The van der Waals surface area contributed by atoms with E-state index in [1.165, 1.54) is 0 Å². The maximum absolute atomic E-state index is 12.4. The number of cyclic esters (lactones) is 1. The zero-order chi connectivity index (χ0) is 18.1. The predicted molar refractivity (Wildman–Crippen MR) is 110 cm³/mol. The molecule has 0 saturated carbocycles. The first-order valence-corrected chi connectivity index (χ1v) is 10.0. The Balaban J connectivity index is 0.00000140. The summed E-state index contributed by atoms with van der Waals surface area (Å²) >= 11 is 0. The van der Waals surface area contributed by atoms with Crippen LogP contribution in [0.3, 0.4) is 0 Å². The van der Waals surface area contributed by atoms with E-state index >= 15 is 0 Å². The lowest BCUT2D eigenvalue weighted by molar-refractivity contribution is -0.150. The Morgan fingerprint density at radius 1 is 1.21 bits per heavy atom. The van der Waals surface area contributed by atoms with E-state index in [4.69, 9.17) is 9.26 Å². The van der Waals surface area contributed by atoms with E-state index in [1.54, 1.807) is 0 Å². The summed E-state index contributed by atoms with van der Waals surface area (Å²) in [5.74, 6) is 2.27. The number of carbonyl (C=O) groups is 1. The fourth-order valence-electron chi connectivity index (χ4n) is 4.55. The number of esters is 1. The van der Waals surface area contributed by atoms with Gasteiger partial charge < -0.3 is 14.6 Å². The van der Waals surface area contributed by atoms with Crippen LogP contribution in [0.25, 0.3) is 0 Å². The van der Waals surface area contributed by atoms with Gasteiger partial charge in [0, 0.05) is 24.8 Å². The first kappa shape index (κ1) is 23.4. The second kappa shape index (κ2) is 9.74. The summed E-state index contributed by atoms with van der Waals surface area (Å²) in [6, 6.07) is 0. The number of ether oxygens (including phenoxy) is 1. The molecule has 0 aromatic carbocycles. The van der Waals surface area contributed by atoms with E-state index in [9.17, 15) is 4.79 Å². The lowest BCUT2D eigenvalue weighted by atomic mass is 9.76. The van der Waals surface area contributed by atoms with Gasteiger partial charge >= 0.3 is 5.97 Å². The summed E-state index contributed by atoms with van der Waals surface area (Å²) in [6.07, 6.45) is 4.81. The number of rotatable bonds is 4. The second-order valence-corrected chi connectivity index (χ2v) is 8.48. The Hall–Kier alpha value is -0.890. The minimum absolute atomic E-state index is 0. The van der Waals surface area contributed by atoms with Crippen LogP contribution in [-0.2, 0) is 9.53 Å². The number of piperidine rings is 2. The van der Waals surface area contributed by atoms with Gasteiger partial charge in [0.05, 0.1) is 5.41 Å². The molecule has 1 N–H and O–H groups in total. The highest BCUT2D eigenvalue weighted by Crippen LogP contribution is 2.42. The molecule has 9 heteroatoms. The molecule has 1 aromatic rings. The Labute approximate surface area is 179 Å². The van der Waals surface area contributed by atoms with E-state index < -0.39 is 0 Å². The van der Waals surface area contributed by atoms with Crippen LogP contribution in [0, 0.1) is 5.41 Å². The summed E-state index contributed by atoms with van der Waals surface area (Å²) in [7, 11) is 0. The first-order chi connectivity index (χ1) is 12.6. The molecule has 1 unspecified atom stereocenters. The predicted octanol–water partition coefficient (Wildman–Crippen LogP) is 2.90. The number of hydrogen-bond acceptors (Lipinski definition) is 7. The van der Waals surface area contributed by atoms with Crippen molar-refractivity contribution in [1.29, 1.82) is 0 Å². The summed E-state index contributed by atoms with van der Waals surface area (Å²) in [5.41, 5.74) is -0.217. The molecule has 0 bridgehead atoms. The lowest BCUT2D eigenvalue weighted by Gasteiger charge is -2.32. The van der Waals surface area contributed by atoms with Crippen LogP contribution in [0.5, 0.6) is 0 Å². The topological polar surface area (TPSA) is 80.5 Å². The molecule has 7 nitrogen and oxygen atoms in total. The zero-order valence-electron chi connectivity index (χ0n) is 16.7. The van der Waals surface area contributed by atoms with Crippen LogP contribution in [-0.4, -0.2) is 59.8 Å². The van der Waals surface area contributed by atoms with Gasteiger partial charge in [-0.3, -0.25) is 9.69 Å². The number of nitrogens with one attached hydrogen (secondary N) is 1. The van der Waals surface area contributed by atoms with Crippen LogP contribution in [0.4, 0.5) is 0 Å². The van der Waals surface area contributed by atoms with E-state index in [0.717, 1.165) is 76.5 Å². The van der Waals surface area contributed by atoms with E-state index in [0.29, 0.717) is 11.8 Å². The third kappa shape index (κ3) is 4.81. The van der Waals surface area contributed by atoms with E-state index in [1.807, 2.05) is 0 Å². The number of likely N-dealkylation sites (tertiary alicyclic amines) is 1. The van der Waals surface area contributed by atoms with Crippen molar-refractivity contribution in [3.63, 3.8) is 0 Å².